The summed E-state index contributed by atoms with van der Waals surface area (Å²) in [7, 11) is 0. The molecular weight excluding hydrogens is 971 g/mol. The lowest BCUT2D eigenvalue weighted by atomic mass is 9.77. The number of alkyl carbamates (subject to hydrolysis) is 1. The Morgan fingerprint density at radius 1 is 0.545 bits per heavy atom. The number of unbranched alkanes of at least 4 members (excludes halogenated alkanes) is 1. The van der Waals surface area contributed by atoms with Crippen molar-refractivity contribution >= 4 is 35.4 Å². The minimum atomic E-state index is -1.11. The lowest BCUT2D eigenvalue weighted by molar-refractivity contribution is -0.384. The normalized spacial score (nSPS) is 12.5. The number of anilines is 1. The first-order valence-electron chi connectivity index (χ1n) is 25.5. The van der Waals surface area contributed by atoms with Crippen LogP contribution in [0.4, 0.5) is 21.0 Å². The number of nitrogens with zero attached hydrogens (tertiary/aromatic N) is 1. The summed E-state index contributed by atoms with van der Waals surface area (Å²) in [6.45, 7) is 0.439. The van der Waals surface area contributed by atoms with Crippen LogP contribution in [0.2, 0.25) is 0 Å². The number of hydrogen-bond acceptors (Lipinski definition) is 10. The summed E-state index contributed by atoms with van der Waals surface area (Å²) < 4.78 is 16.3. The van der Waals surface area contributed by atoms with E-state index in [2.05, 4.69) is 69.8 Å². The number of nitro groups is 1. The van der Waals surface area contributed by atoms with Gasteiger partial charge in [0.05, 0.1) is 10.5 Å². The van der Waals surface area contributed by atoms with E-state index in [4.69, 9.17) is 14.2 Å². The van der Waals surface area contributed by atoms with E-state index in [1.807, 2.05) is 121 Å². The van der Waals surface area contributed by atoms with Crippen LogP contribution in [0.5, 0.6) is 5.75 Å². The molecule has 4 N–H and O–H groups in total. The Morgan fingerprint density at radius 2 is 1.08 bits per heavy atom. The highest BCUT2D eigenvalue weighted by molar-refractivity contribution is 5.98. The van der Waals surface area contributed by atoms with Gasteiger partial charge in [-0.1, -0.05) is 182 Å². The molecule has 0 saturated carbocycles. The van der Waals surface area contributed by atoms with Crippen LogP contribution < -0.4 is 26.0 Å². The summed E-state index contributed by atoms with van der Waals surface area (Å²) >= 11 is 0. The van der Waals surface area contributed by atoms with E-state index in [-0.39, 0.29) is 43.4 Å². The van der Waals surface area contributed by atoms with Crippen molar-refractivity contribution in [2.45, 2.75) is 55.8 Å². The molecule has 3 amide bonds. The average molecular weight is 1030 g/mol. The van der Waals surface area contributed by atoms with E-state index < -0.39 is 46.6 Å². The molecule has 0 bridgehead atoms. The van der Waals surface area contributed by atoms with E-state index in [1.54, 1.807) is 24.3 Å². The van der Waals surface area contributed by atoms with Gasteiger partial charge in [0.2, 0.25) is 11.8 Å². The van der Waals surface area contributed by atoms with E-state index in [1.165, 1.54) is 24.3 Å². The first-order chi connectivity index (χ1) is 37.6. The van der Waals surface area contributed by atoms with Gasteiger partial charge in [-0.2, -0.15) is 0 Å². The molecule has 0 aromatic heterocycles. The molecule has 8 aromatic rings. The topological polar surface area (TPSA) is 187 Å². The largest absolute Gasteiger partial charge is 0.514 e. The molecule has 0 unspecified atom stereocenters. The molecule has 0 heterocycles. The van der Waals surface area contributed by atoms with Gasteiger partial charge in [-0.15, -0.1) is 0 Å². The number of carbonyl (C=O) groups is 4. The van der Waals surface area contributed by atoms with E-state index in [9.17, 15) is 29.3 Å². The second-order valence-electron chi connectivity index (χ2n) is 18.6. The van der Waals surface area contributed by atoms with Crippen molar-refractivity contribution in [1.82, 2.24) is 16.0 Å². The smallest absolute Gasteiger partial charge is 0.449 e. The molecular formula is C63H57N5O9. The number of rotatable bonds is 22. The molecule has 388 valence electrons. The molecule has 0 saturated heterocycles. The van der Waals surface area contributed by atoms with Gasteiger partial charge in [0.15, 0.2) is 0 Å². The first kappa shape index (κ1) is 52.5. The van der Waals surface area contributed by atoms with Gasteiger partial charge in [0, 0.05) is 30.2 Å². The fourth-order valence-electron chi connectivity index (χ4n) is 9.82. The van der Waals surface area contributed by atoms with Crippen molar-refractivity contribution in [3.8, 4) is 16.9 Å². The molecule has 14 heteroatoms. The third kappa shape index (κ3) is 13.1. The zero-order valence-corrected chi connectivity index (χ0v) is 42.1. The maximum Gasteiger partial charge on any atom is 0.514 e. The number of fused-ring (bicyclic) bond motifs is 3. The van der Waals surface area contributed by atoms with Crippen LogP contribution in [0, 0.1) is 10.1 Å². The quantitative estimate of drug-likeness (QED) is 0.0127. The van der Waals surface area contributed by atoms with Crippen molar-refractivity contribution in [3.05, 3.63) is 267 Å². The molecule has 14 nitrogen and oxygen atoms in total. The van der Waals surface area contributed by atoms with Gasteiger partial charge in [0.25, 0.3) is 5.69 Å². The fraction of sp³-hybridized carbons (Fsp3) is 0.175. The predicted molar refractivity (Wildman–Crippen MR) is 294 cm³/mol. The molecule has 77 heavy (non-hydrogen) atoms. The van der Waals surface area contributed by atoms with Gasteiger partial charge in [-0.3, -0.25) is 25.0 Å². The standard InChI is InChI=1S/C63H57N5O9/c69-59(65-49-34-32-45(33-35-49)42-76-62(72)77-51-38-36-50(37-39-51)68(73)74)57(31-17-18-40-64-63(46-21-7-2-8-22-46,47-23-9-3-10-24-47)48-25-11-4-12-26-48)66-60(70)58(41-44-19-5-1-6-20-44)67-61(71)75-43-56-54-29-15-13-27-52(54)53-28-14-16-30-55(53)56/h1-16,19-30,32-39,56-58,64H,17-18,31,40-43H2,(H,65,69)(H,66,70)(H,67,71)/t57-,58-/m0/s1. The van der Waals surface area contributed by atoms with Gasteiger partial charge in [-0.25, -0.2) is 9.59 Å². The van der Waals surface area contributed by atoms with Crippen LogP contribution in [-0.2, 0) is 37.6 Å². The highest BCUT2D eigenvalue weighted by Crippen LogP contribution is 2.44. The Balaban J connectivity index is 0.900. The molecule has 0 radical (unpaired) electrons. The summed E-state index contributed by atoms with van der Waals surface area (Å²) in [5.41, 5.74) is 8.43. The van der Waals surface area contributed by atoms with Gasteiger partial charge >= 0.3 is 12.2 Å². The minimum Gasteiger partial charge on any atom is -0.449 e. The molecule has 1 aliphatic carbocycles. The molecule has 9 rings (SSSR count). The zero-order valence-electron chi connectivity index (χ0n) is 42.1. The van der Waals surface area contributed by atoms with Crippen molar-refractivity contribution in [1.29, 1.82) is 0 Å². The number of benzene rings is 8. The SMILES string of the molecule is O=C(N[C@@H](Cc1ccccc1)C(=O)N[C@@H](CCCCNC(c1ccccc1)(c1ccccc1)c1ccccc1)C(=O)Nc1ccc(COC(=O)Oc2ccc([N+](=O)[O-])cc2)cc1)OCC1c2ccccc2-c2ccccc21. The van der Waals surface area contributed by atoms with Gasteiger partial charge < -0.3 is 30.2 Å². The maximum absolute atomic E-state index is 14.6. The lowest BCUT2D eigenvalue weighted by Gasteiger charge is -2.37. The fourth-order valence-corrected chi connectivity index (χ4v) is 9.82. The molecule has 2 atom stereocenters. The van der Waals surface area contributed by atoms with Crippen LogP contribution in [0.1, 0.15) is 64.1 Å². The number of non-ortho nitro benzene ring substituents is 1. The monoisotopic (exact) mass is 1030 g/mol. The van der Waals surface area contributed by atoms with Crippen LogP contribution in [0.15, 0.2) is 218 Å². The van der Waals surface area contributed by atoms with Crippen LogP contribution in [-0.4, -0.2) is 54.2 Å². The second kappa shape index (κ2) is 25.2. The van der Waals surface area contributed by atoms with Crippen molar-refractivity contribution in [2.24, 2.45) is 0 Å². The third-order valence-electron chi connectivity index (χ3n) is 13.6. The predicted octanol–water partition coefficient (Wildman–Crippen LogP) is 11.6. The highest BCUT2D eigenvalue weighted by atomic mass is 16.7. The van der Waals surface area contributed by atoms with Crippen LogP contribution >= 0.6 is 0 Å². The summed E-state index contributed by atoms with van der Waals surface area (Å²) in [6.07, 6.45) is -0.247. The van der Waals surface area contributed by atoms with Crippen LogP contribution in [0.3, 0.4) is 0 Å². The summed E-state index contributed by atoms with van der Waals surface area (Å²) in [6, 6.07) is 65.8. The number of nitrogens with one attached hydrogen (secondary N) is 4. The first-order valence-corrected chi connectivity index (χ1v) is 25.5. The van der Waals surface area contributed by atoms with Gasteiger partial charge in [-0.05, 0) is 100 Å². The number of amides is 3. The number of carbonyl (C=O) groups excluding carboxylic acids is 4. The van der Waals surface area contributed by atoms with E-state index in [0.29, 0.717) is 30.6 Å². The molecule has 0 spiro atoms. The Hall–Kier alpha value is -9.40. The Labute approximate surface area is 446 Å². The average Bonchev–Trinajstić information content (AvgIpc) is 3.84. The van der Waals surface area contributed by atoms with Crippen molar-refractivity contribution in [3.63, 3.8) is 0 Å². The third-order valence-corrected chi connectivity index (χ3v) is 13.6. The minimum absolute atomic E-state index is 0.0515. The molecule has 0 fully saturated rings. The summed E-state index contributed by atoms with van der Waals surface area (Å²) in [5, 5.41) is 23.7. The second-order valence-corrected chi connectivity index (χ2v) is 18.6. The lowest BCUT2D eigenvalue weighted by Crippen LogP contribution is -2.53. The Kier molecular flexibility index (Phi) is 17.2. The Bertz CT molecular complexity index is 3130. The van der Waals surface area contributed by atoms with E-state index >= 15 is 0 Å². The van der Waals surface area contributed by atoms with E-state index in [0.717, 1.165) is 44.5 Å². The molecule has 1 aliphatic rings. The van der Waals surface area contributed by atoms with Gasteiger partial charge in [0.1, 0.15) is 31.0 Å². The number of ether oxygens (including phenoxy) is 3. The molecule has 8 aromatic carbocycles. The van der Waals surface area contributed by atoms with Crippen LogP contribution in [0.25, 0.3) is 11.1 Å². The highest BCUT2D eigenvalue weighted by Gasteiger charge is 2.36. The number of hydrogen-bond donors (Lipinski definition) is 4. The summed E-state index contributed by atoms with van der Waals surface area (Å²) in [5.74, 6) is -1.16. The number of nitro benzene ring substituents is 1. The Morgan fingerprint density at radius 3 is 1.64 bits per heavy atom. The summed E-state index contributed by atoms with van der Waals surface area (Å²) in [4.78, 5) is 65.7. The maximum atomic E-state index is 14.6. The molecule has 0 aliphatic heterocycles. The van der Waals surface area contributed by atoms with Crippen molar-refractivity contribution < 1.29 is 38.3 Å². The van der Waals surface area contributed by atoms with Crippen molar-refractivity contribution in [2.75, 3.05) is 18.5 Å². The zero-order chi connectivity index (χ0) is 53.4.